The van der Waals surface area contributed by atoms with Crippen molar-refractivity contribution >= 4 is 74.7 Å². The summed E-state index contributed by atoms with van der Waals surface area (Å²) in [7, 11) is 0. The highest BCUT2D eigenvalue weighted by Gasteiger charge is 2.18. The first kappa shape index (κ1) is 33.5. The van der Waals surface area contributed by atoms with E-state index in [2.05, 4.69) is 194 Å². The molecule has 0 amide bonds. The molecule has 4 nitrogen and oxygen atoms in total. The number of hydrogen-bond acceptors (Lipinski definition) is 5. The Morgan fingerprint density at radius 2 is 0.847 bits per heavy atom. The fourth-order valence-corrected chi connectivity index (χ4v) is 9.74. The Morgan fingerprint density at radius 1 is 0.305 bits per heavy atom. The molecule has 0 atom stereocenters. The van der Waals surface area contributed by atoms with Crippen LogP contribution in [0.4, 0.5) is 0 Å². The standard InChI is InChI=1S/C54H32N4S/c1-2-12-36(13-3-1)50-45-28-27-43-46-32-40(26-29-48(46)59-51(43)49(45)44-16-8-9-17-47(44)55-50)35-18-22-37(23-19-35)52-56-53(41-24-20-33-10-4-6-14-38(33)30-41)58-54(57-52)42-25-21-34-11-5-7-15-39(34)31-42/h1-32H. The minimum Gasteiger partial charge on any atom is -0.247 e. The van der Waals surface area contributed by atoms with Crippen LogP contribution in [0, 0.1) is 0 Å². The van der Waals surface area contributed by atoms with Crippen LogP contribution in [0.25, 0.3) is 120 Å². The number of hydrogen-bond donors (Lipinski definition) is 0. The second-order valence-electron chi connectivity index (χ2n) is 15.0. The number of pyridine rings is 1. The summed E-state index contributed by atoms with van der Waals surface area (Å²) in [5.41, 5.74) is 8.30. The highest BCUT2D eigenvalue weighted by atomic mass is 32.1. The third kappa shape index (κ3) is 5.74. The average Bonchev–Trinajstić information content (AvgIpc) is 3.69. The monoisotopic (exact) mass is 768 g/mol. The predicted molar refractivity (Wildman–Crippen MR) is 248 cm³/mol. The van der Waals surface area contributed by atoms with Gasteiger partial charge in [-0.2, -0.15) is 0 Å². The third-order valence-electron chi connectivity index (χ3n) is 11.5. The predicted octanol–water partition coefficient (Wildman–Crippen LogP) is 14.6. The number of fused-ring (bicyclic) bond motifs is 9. The summed E-state index contributed by atoms with van der Waals surface area (Å²) in [5, 5.41) is 10.8. The summed E-state index contributed by atoms with van der Waals surface area (Å²) in [6, 6.07) is 68.6. The average molecular weight is 769 g/mol. The highest BCUT2D eigenvalue weighted by molar-refractivity contribution is 7.26. The van der Waals surface area contributed by atoms with Gasteiger partial charge in [-0.05, 0) is 63.0 Å². The van der Waals surface area contributed by atoms with Crippen LogP contribution in [0.1, 0.15) is 0 Å². The number of thiophene rings is 1. The summed E-state index contributed by atoms with van der Waals surface area (Å²) < 4.78 is 2.56. The van der Waals surface area contributed by atoms with Gasteiger partial charge in [0.2, 0.25) is 0 Å². The normalized spacial score (nSPS) is 11.7. The maximum absolute atomic E-state index is 5.17. The second kappa shape index (κ2) is 13.5. The lowest BCUT2D eigenvalue weighted by molar-refractivity contribution is 1.08. The minimum absolute atomic E-state index is 0.639. The maximum atomic E-state index is 5.17. The van der Waals surface area contributed by atoms with Crippen LogP contribution in [0.3, 0.4) is 0 Å². The van der Waals surface area contributed by atoms with Gasteiger partial charge in [0.05, 0.1) is 11.2 Å². The molecule has 12 rings (SSSR count). The third-order valence-corrected chi connectivity index (χ3v) is 12.7. The summed E-state index contributed by atoms with van der Waals surface area (Å²) in [6.07, 6.45) is 0. The summed E-state index contributed by atoms with van der Waals surface area (Å²) in [4.78, 5) is 20.4. The highest BCUT2D eigenvalue weighted by Crippen LogP contribution is 2.44. The molecule has 9 aromatic carbocycles. The number of nitrogens with zero attached hydrogens (tertiary/aromatic N) is 4. The van der Waals surface area contributed by atoms with Crippen molar-refractivity contribution in [3.8, 4) is 56.5 Å². The van der Waals surface area contributed by atoms with E-state index in [9.17, 15) is 0 Å². The molecule has 5 heteroatoms. The van der Waals surface area contributed by atoms with Crippen LogP contribution in [-0.2, 0) is 0 Å². The van der Waals surface area contributed by atoms with Crippen molar-refractivity contribution < 1.29 is 0 Å². The van der Waals surface area contributed by atoms with Gasteiger partial charge in [-0.15, -0.1) is 11.3 Å². The summed E-state index contributed by atoms with van der Waals surface area (Å²) >= 11 is 1.86. The SMILES string of the molecule is c1ccc(-c2nc3ccccc3c3c2ccc2c4cc(-c5ccc(-c6nc(-c7ccc8ccccc8c7)nc(-c7ccc8ccccc8c7)n6)cc5)ccc4sc23)cc1. The van der Waals surface area contributed by atoms with E-state index >= 15 is 0 Å². The van der Waals surface area contributed by atoms with Gasteiger partial charge < -0.3 is 0 Å². The van der Waals surface area contributed by atoms with Gasteiger partial charge in [-0.25, -0.2) is 19.9 Å². The van der Waals surface area contributed by atoms with Gasteiger partial charge in [0.1, 0.15) is 0 Å². The number of para-hydroxylation sites is 1. The van der Waals surface area contributed by atoms with Crippen molar-refractivity contribution in [2.45, 2.75) is 0 Å². The van der Waals surface area contributed by atoms with E-state index in [-0.39, 0.29) is 0 Å². The zero-order valence-electron chi connectivity index (χ0n) is 31.7. The Balaban J connectivity index is 0.961. The smallest absolute Gasteiger partial charge is 0.164 e. The molecule has 12 aromatic rings. The zero-order valence-corrected chi connectivity index (χ0v) is 32.5. The molecule has 0 aliphatic rings. The Bertz CT molecular complexity index is 3510. The molecule has 0 aliphatic heterocycles. The fraction of sp³-hybridized carbons (Fsp3) is 0. The molecule has 0 bridgehead atoms. The Labute approximate surface area is 343 Å². The number of aromatic nitrogens is 4. The van der Waals surface area contributed by atoms with Crippen molar-refractivity contribution in [1.82, 2.24) is 19.9 Å². The molecule has 0 N–H and O–H groups in total. The number of benzene rings is 9. The molecule has 0 unspecified atom stereocenters. The molecule has 274 valence electrons. The van der Waals surface area contributed by atoms with Crippen molar-refractivity contribution in [3.63, 3.8) is 0 Å². The van der Waals surface area contributed by atoms with E-state index in [1.54, 1.807) is 0 Å². The van der Waals surface area contributed by atoms with Crippen molar-refractivity contribution in [3.05, 3.63) is 194 Å². The van der Waals surface area contributed by atoms with Crippen molar-refractivity contribution in [1.29, 1.82) is 0 Å². The zero-order chi connectivity index (χ0) is 38.9. The van der Waals surface area contributed by atoms with Crippen LogP contribution >= 0.6 is 11.3 Å². The van der Waals surface area contributed by atoms with Crippen LogP contribution in [0.5, 0.6) is 0 Å². The lowest BCUT2D eigenvalue weighted by atomic mass is 9.97. The van der Waals surface area contributed by atoms with E-state index in [4.69, 9.17) is 19.9 Å². The molecule has 0 saturated heterocycles. The maximum Gasteiger partial charge on any atom is 0.164 e. The molecular weight excluding hydrogens is 737 g/mol. The van der Waals surface area contributed by atoms with E-state index in [0.29, 0.717) is 17.5 Å². The topological polar surface area (TPSA) is 51.6 Å². The molecular formula is C54H32N4S. The first-order valence-corrected chi connectivity index (χ1v) is 20.6. The molecule has 0 spiro atoms. The number of rotatable bonds is 5. The van der Waals surface area contributed by atoms with Gasteiger partial charge in [0, 0.05) is 58.6 Å². The molecule has 3 heterocycles. The Kier molecular flexibility index (Phi) is 7.68. The van der Waals surface area contributed by atoms with E-state index < -0.39 is 0 Å². The van der Waals surface area contributed by atoms with Gasteiger partial charge >= 0.3 is 0 Å². The summed E-state index contributed by atoms with van der Waals surface area (Å²) in [6.45, 7) is 0. The molecule has 0 aliphatic carbocycles. The van der Waals surface area contributed by atoms with Gasteiger partial charge in [0.15, 0.2) is 17.5 Å². The Morgan fingerprint density at radius 3 is 1.54 bits per heavy atom. The lowest BCUT2D eigenvalue weighted by Crippen LogP contribution is -2.00. The van der Waals surface area contributed by atoms with E-state index in [1.165, 1.54) is 47.1 Å². The largest absolute Gasteiger partial charge is 0.247 e. The van der Waals surface area contributed by atoms with Crippen LogP contribution in [0.2, 0.25) is 0 Å². The molecule has 0 fully saturated rings. The molecule has 59 heavy (non-hydrogen) atoms. The minimum atomic E-state index is 0.639. The van der Waals surface area contributed by atoms with Gasteiger partial charge in [-0.1, -0.05) is 164 Å². The lowest BCUT2D eigenvalue weighted by Gasteiger charge is -2.11. The van der Waals surface area contributed by atoms with Crippen LogP contribution in [-0.4, -0.2) is 19.9 Å². The Hall–Kier alpha value is -7.60. The van der Waals surface area contributed by atoms with Crippen molar-refractivity contribution in [2.24, 2.45) is 0 Å². The van der Waals surface area contributed by atoms with Crippen molar-refractivity contribution in [2.75, 3.05) is 0 Å². The molecule has 0 saturated carbocycles. The van der Waals surface area contributed by atoms with Gasteiger partial charge in [0.25, 0.3) is 0 Å². The van der Waals surface area contributed by atoms with Crippen LogP contribution < -0.4 is 0 Å². The van der Waals surface area contributed by atoms with E-state index in [1.807, 2.05) is 11.3 Å². The molecule has 0 radical (unpaired) electrons. The van der Waals surface area contributed by atoms with Gasteiger partial charge in [-0.3, -0.25) is 0 Å². The molecule has 3 aromatic heterocycles. The summed E-state index contributed by atoms with van der Waals surface area (Å²) in [5.74, 6) is 1.94. The fourth-order valence-electron chi connectivity index (χ4n) is 8.50. The first-order valence-electron chi connectivity index (χ1n) is 19.8. The first-order chi connectivity index (χ1) is 29.2. The van der Waals surface area contributed by atoms with E-state index in [0.717, 1.165) is 55.4 Å². The van der Waals surface area contributed by atoms with Crippen LogP contribution in [0.15, 0.2) is 194 Å². The quantitative estimate of drug-likeness (QED) is 0.164. The second-order valence-corrected chi connectivity index (χ2v) is 16.1.